The zero-order valence-electron chi connectivity index (χ0n) is 23.1. The number of carbonyl (C=O) groups is 1. The van der Waals surface area contributed by atoms with E-state index in [0.717, 1.165) is 27.7 Å². The number of ether oxygens (including phenoxy) is 2. The predicted molar refractivity (Wildman–Crippen MR) is 166 cm³/mol. The average molecular weight is 645 g/mol. The number of rotatable bonds is 10. The molecule has 0 spiro atoms. The van der Waals surface area contributed by atoms with Gasteiger partial charge in [-0.15, -0.1) is 0 Å². The summed E-state index contributed by atoms with van der Waals surface area (Å²) in [4.78, 5) is 18.7. The Morgan fingerprint density at radius 1 is 1.02 bits per heavy atom. The molecular weight excluding hydrogens is 613 g/mol. The van der Waals surface area contributed by atoms with Gasteiger partial charge in [-0.25, -0.2) is 17.9 Å². The van der Waals surface area contributed by atoms with Crippen LogP contribution in [0.3, 0.4) is 0 Å². The maximum atomic E-state index is 13.5. The number of carbonyl (C=O) groups excluding carboxylic acids is 1. The first-order valence-electron chi connectivity index (χ1n) is 14.1. The zero-order chi connectivity index (χ0) is 30.1. The van der Waals surface area contributed by atoms with Crippen LogP contribution in [0.5, 0.6) is 11.5 Å². The van der Waals surface area contributed by atoms with Gasteiger partial charge in [-0.3, -0.25) is 4.90 Å². The summed E-state index contributed by atoms with van der Waals surface area (Å²) >= 11 is 12.3. The van der Waals surface area contributed by atoms with E-state index in [1.807, 2.05) is 42.5 Å². The summed E-state index contributed by atoms with van der Waals surface area (Å²) in [5, 5.41) is 12.1. The second-order valence-electron chi connectivity index (χ2n) is 10.8. The van der Waals surface area contributed by atoms with Gasteiger partial charge in [0.1, 0.15) is 17.5 Å². The van der Waals surface area contributed by atoms with E-state index in [9.17, 15) is 18.3 Å². The van der Waals surface area contributed by atoms with Gasteiger partial charge < -0.3 is 19.6 Å². The second kappa shape index (κ2) is 12.4. The largest absolute Gasteiger partial charge is 0.493 e. The summed E-state index contributed by atoms with van der Waals surface area (Å²) in [6.45, 7) is 0.606. The predicted octanol–water partition coefficient (Wildman–Crippen LogP) is 5.83. The number of aromatic nitrogens is 1. The van der Waals surface area contributed by atoms with Crippen molar-refractivity contribution < 1.29 is 27.8 Å². The molecule has 1 aromatic heterocycles. The first-order chi connectivity index (χ1) is 20.7. The van der Waals surface area contributed by atoms with E-state index in [1.54, 1.807) is 29.2 Å². The van der Waals surface area contributed by atoms with Crippen LogP contribution in [0.2, 0.25) is 10.0 Å². The van der Waals surface area contributed by atoms with Gasteiger partial charge in [-0.1, -0.05) is 35.3 Å². The van der Waals surface area contributed by atoms with E-state index in [-0.39, 0.29) is 24.8 Å². The number of hydrogen-bond acceptors (Lipinski definition) is 6. The number of sulfonamides is 1. The van der Waals surface area contributed by atoms with Crippen molar-refractivity contribution >= 4 is 50.2 Å². The van der Waals surface area contributed by atoms with Gasteiger partial charge in [-0.2, -0.15) is 0 Å². The number of aromatic amines is 1. The lowest BCUT2D eigenvalue weighted by Crippen LogP contribution is -2.42. The summed E-state index contributed by atoms with van der Waals surface area (Å²) < 4.78 is 38.0. The zero-order valence-corrected chi connectivity index (χ0v) is 25.5. The number of nitrogens with zero attached hydrogens (tertiary/aromatic N) is 1. The summed E-state index contributed by atoms with van der Waals surface area (Å²) in [6.07, 6.45) is 0.890. The number of halogens is 2. The number of fused-ring (bicyclic) bond motifs is 3. The SMILES string of the molecule is O=C(Oc1ccc(Cl)cc1)N1CCc2c([nH]c3ccc(Cl)cc23)C1c1ccc(OCCC(O)CNS(=O)(=O)C2CC2)cc1. The summed E-state index contributed by atoms with van der Waals surface area (Å²) in [6, 6.07) is 19.3. The van der Waals surface area contributed by atoms with Crippen molar-refractivity contribution in [1.29, 1.82) is 0 Å². The van der Waals surface area contributed by atoms with Crippen molar-refractivity contribution in [2.45, 2.75) is 43.1 Å². The highest BCUT2D eigenvalue weighted by atomic mass is 35.5. The number of hydrogen-bond donors (Lipinski definition) is 3. The van der Waals surface area contributed by atoms with Gasteiger partial charge in [0, 0.05) is 46.2 Å². The lowest BCUT2D eigenvalue weighted by Gasteiger charge is -2.35. The topological polar surface area (TPSA) is 121 Å². The van der Waals surface area contributed by atoms with Crippen LogP contribution in [-0.2, 0) is 16.4 Å². The third kappa shape index (κ3) is 6.78. The van der Waals surface area contributed by atoms with Crippen LogP contribution in [0.15, 0.2) is 66.7 Å². The van der Waals surface area contributed by atoms with Crippen molar-refractivity contribution in [3.05, 3.63) is 93.6 Å². The number of aliphatic hydroxyl groups is 1. The molecule has 2 atom stereocenters. The van der Waals surface area contributed by atoms with E-state index < -0.39 is 28.3 Å². The molecule has 9 nitrogen and oxygen atoms in total. The first kappa shape index (κ1) is 29.8. The Kier molecular flexibility index (Phi) is 8.57. The Bertz CT molecular complexity index is 1720. The molecule has 43 heavy (non-hydrogen) atoms. The van der Waals surface area contributed by atoms with E-state index >= 15 is 0 Å². The minimum Gasteiger partial charge on any atom is -0.493 e. The van der Waals surface area contributed by atoms with Crippen LogP contribution >= 0.6 is 23.2 Å². The molecule has 2 aliphatic rings. The highest BCUT2D eigenvalue weighted by Crippen LogP contribution is 2.40. The third-order valence-corrected chi connectivity index (χ3v) is 10.1. The lowest BCUT2D eigenvalue weighted by molar-refractivity contribution is 0.135. The van der Waals surface area contributed by atoms with Crippen LogP contribution in [0.25, 0.3) is 10.9 Å². The lowest BCUT2D eigenvalue weighted by atomic mass is 9.92. The molecule has 2 unspecified atom stereocenters. The molecule has 1 amide bonds. The quantitative estimate of drug-likeness (QED) is 0.200. The van der Waals surface area contributed by atoms with Crippen molar-refractivity contribution in [2.24, 2.45) is 0 Å². The smallest absolute Gasteiger partial charge is 0.416 e. The van der Waals surface area contributed by atoms with E-state index in [4.69, 9.17) is 32.7 Å². The monoisotopic (exact) mass is 643 g/mol. The first-order valence-corrected chi connectivity index (χ1v) is 16.4. The Hall–Kier alpha value is -3.28. The normalized spacial score (nSPS) is 17.5. The molecule has 1 saturated carbocycles. The molecule has 0 radical (unpaired) electrons. The van der Waals surface area contributed by atoms with Crippen LogP contribution in [0.1, 0.15) is 42.1 Å². The highest BCUT2D eigenvalue weighted by molar-refractivity contribution is 7.90. The van der Waals surface area contributed by atoms with Gasteiger partial charge in [0.25, 0.3) is 0 Å². The second-order valence-corrected chi connectivity index (χ2v) is 13.7. The van der Waals surface area contributed by atoms with Crippen molar-refractivity contribution in [3.8, 4) is 11.5 Å². The number of nitrogens with one attached hydrogen (secondary N) is 2. The van der Waals surface area contributed by atoms with Crippen molar-refractivity contribution in [3.63, 3.8) is 0 Å². The minimum atomic E-state index is -3.34. The number of H-pyrrole nitrogens is 1. The van der Waals surface area contributed by atoms with Gasteiger partial charge in [0.2, 0.25) is 10.0 Å². The molecule has 2 heterocycles. The Balaban J connectivity index is 1.18. The molecule has 6 rings (SSSR count). The van der Waals surface area contributed by atoms with Gasteiger partial charge >= 0.3 is 6.09 Å². The minimum absolute atomic E-state index is 0.0389. The molecule has 3 aromatic carbocycles. The molecule has 0 bridgehead atoms. The molecule has 12 heteroatoms. The fourth-order valence-corrected chi connectivity index (χ4v) is 7.05. The standard InChI is InChI=1S/C31H31Cl2N3O6S/c32-20-3-8-24(9-4-20)42-31(38)36-15-13-26-27-17-21(33)5-12-28(27)35-29(26)30(36)19-1-6-23(7-2-19)41-16-14-22(37)18-34-43(39,40)25-10-11-25/h1-9,12,17,22,25,30,34-35,37H,10-11,13-16,18H2. The third-order valence-electron chi connectivity index (χ3n) is 7.74. The van der Waals surface area contributed by atoms with Gasteiger partial charge in [-0.05, 0) is 85.0 Å². The van der Waals surface area contributed by atoms with Gasteiger partial charge in [0.15, 0.2) is 0 Å². The summed E-state index contributed by atoms with van der Waals surface area (Å²) in [7, 11) is -3.34. The Morgan fingerprint density at radius 3 is 2.44 bits per heavy atom. The fourth-order valence-electron chi connectivity index (χ4n) is 5.34. The molecule has 1 aliphatic carbocycles. The van der Waals surface area contributed by atoms with E-state index in [1.165, 1.54) is 0 Å². The molecule has 226 valence electrons. The summed E-state index contributed by atoms with van der Waals surface area (Å²) in [5.74, 6) is 0.984. The molecule has 1 aliphatic heterocycles. The molecule has 4 aromatic rings. The molecule has 3 N–H and O–H groups in total. The highest BCUT2D eigenvalue weighted by Gasteiger charge is 2.36. The summed E-state index contributed by atoms with van der Waals surface area (Å²) in [5.41, 5.74) is 3.78. The Labute approximate surface area is 259 Å². The maximum absolute atomic E-state index is 13.5. The number of benzene rings is 3. The Morgan fingerprint density at radius 2 is 1.72 bits per heavy atom. The van der Waals surface area contributed by atoms with Crippen molar-refractivity contribution in [1.82, 2.24) is 14.6 Å². The van der Waals surface area contributed by atoms with Crippen LogP contribution in [-0.4, -0.2) is 60.6 Å². The van der Waals surface area contributed by atoms with Crippen LogP contribution in [0, 0.1) is 0 Å². The molecule has 0 saturated heterocycles. The molecular formula is C31H31Cl2N3O6S. The molecule has 1 fully saturated rings. The van der Waals surface area contributed by atoms with E-state index in [0.29, 0.717) is 47.4 Å². The number of amides is 1. The van der Waals surface area contributed by atoms with Crippen LogP contribution in [0.4, 0.5) is 4.79 Å². The van der Waals surface area contributed by atoms with Gasteiger partial charge in [0.05, 0.1) is 18.0 Å². The van der Waals surface area contributed by atoms with Crippen LogP contribution < -0.4 is 14.2 Å². The van der Waals surface area contributed by atoms with Crippen molar-refractivity contribution in [2.75, 3.05) is 19.7 Å². The van der Waals surface area contributed by atoms with E-state index in [2.05, 4.69) is 9.71 Å². The fraction of sp³-hybridized carbons (Fsp3) is 0.323. The maximum Gasteiger partial charge on any atom is 0.416 e. The number of aliphatic hydroxyl groups excluding tert-OH is 1. The average Bonchev–Trinajstić information content (AvgIpc) is 3.80.